The fraction of sp³-hybridized carbons (Fsp3) is 0. The molecule has 8 aromatic carbocycles. The van der Waals surface area contributed by atoms with Crippen molar-refractivity contribution in [3.63, 3.8) is 0 Å². The Kier molecular flexibility index (Phi) is 5.00. The van der Waals surface area contributed by atoms with Crippen LogP contribution in [-0.2, 0) is 0 Å². The van der Waals surface area contributed by atoms with Gasteiger partial charge in [-0.2, -0.15) is 0 Å². The molecule has 1 aliphatic rings. The summed E-state index contributed by atoms with van der Waals surface area (Å²) in [6.45, 7) is 0. The van der Waals surface area contributed by atoms with Crippen LogP contribution in [0.25, 0.3) is 88.0 Å². The minimum Gasteiger partial charge on any atom is -0.0616 e. The molecule has 8 aromatic rings. The van der Waals surface area contributed by atoms with E-state index in [-0.39, 0.29) is 0 Å². The van der Waals surface area contributed by atoms with E-state index in [0.717, 1.165) is 0 Å². The van der Waals surface area contributed by atoms with Crippen molar-refractivity contribution in [1.29, 1.82) is 0 Å². The molecule has 0 nitrogen and oxygen atoms in total. The van der Waals surface area contributed by atoms with Crippen molar-refractivity contribution in [1.82, 2.24) is 0 Å². The minimum atomic E-state index is 1.23. The number of benzene rings is 8. The van der Waals surface area contributed by atoms with Crippen LogP contribution >= 0.6 is 0 Å². The van der Waals surface area contributed by atoms with Crippen LogP contribution in [0, 0.1) is 0 Å². The summed E-state index contributed by atoms with van der Waals surface area (Å²) in [5, 5.41) is 7.78. The van der Waals surface area contributed by atoms with Gasteiger partial charge in [0.25, 0.3) is 0 Å². The summed E-state index contributed by atoms with van der Waals surface area (Å²) in [5.41, 5.74) is 12.9. The van der Waals surface area contributed by atoms with E-state index in [1.807, 2.05) is 0 Å². The Morgan fingerprint density at radius 1 is 0.238 bits per heavy atom. The summed E-state index contributed by atoms with van der Waals surface area (Å²) in [6.07, 6.45) is 0. The molecule has 0 atom stereocenters. The van der Waals surface area contributed by atoms with Gasteiger partial charge in [0.1, 0.15) is 0 Å². The van der Waals surface area contributed by atoms with E-state index in [0.29, 0.717) is 0 Å². The molecule has 9 rings (SSSR count). The van der Waals surface area contributed by atoms with Crippen molar-refractivity contribution in [3.05, 3.63) is 158 Å². The monoisotopic (exact) mass is 530 g/mol. The normalized spacial score (nSPS) is 11.8. The Morgan fingerprint density at radius 3 is 1.52 bits per heavy atom. The first-order chi connectivity index (χ1) is 20.8. The number of rotatable bonds is 3. The molecular formula is C42H26. The molecule has 0 heterocycles. The summed E-state index contributed by atoms with van der Waals surface area (Å²) < 4.78 is 0. The van der Waals surface area contributed by atoms with Gasteiger partial charge in [-0.3, -0.25) is 0 Å². The van der Waals surface area contributed by atoms with E-state index >= 15 is 0 Å². The molecule has 194 valence electrons. The smallest absolute Gasteiger partial charge is 0.00201 e. The minimum absolute atomic E-state index is 1.23. The highest BCUT2D eigenvalue weighted by Crippen LogP contribution is 2.49. The van der Waals surface area contributed by atoms with Gasteiger partial charge in [0.15, 0.2) is 0 Å². The lowest BCUT2D eigenvalue weighted by Crippen LogP contribution is -1.87. The van der Waals surface area contributed by atoms with Gasteiger partial charge in [-0.25, -0.2) is 0 Å². The summed E-state index contributed by atoms with van der Waals surface area (Å²) >= 11 is 0. The van der Waals surface area contributed by atoms with Gasteiger partial charge in [-0.15, -0.1) is 0 Å². The fourth-order valence-corrected chi connectivity index (χ4v) is 6.97. The summed E-state index contributed by atoms with van der Waals surface area (Å²) in [5.74, 6) is 0. The van der Waals surface area contributed by atoms with Crippen LogP contribution in [0.15, 0.2) is 158 Å². The second-order valence-electron chi connectivity index (χ2n) is 11.3. The Labute approximate surface area is 245 Å². The maximum atomic E-state index is 2.33. The van der Waals surface area contributed by atoms with E-state index in [4.69, 9.17) is 0 Å². The number of hydrogen-bond acceptors (Lipinski definition) is 0. The van der Waals surface area contributed by atoms with Crippen molar-refractivity contribution in [2.24, 2.45) is 0 Å². The zero-order valence-corrected chi connectivity index (χ0v) is 23.0. The third-order valence-electron chi connectivity index (χ3n) is 9.02. The molecule has 0 spiro atoms. The van der Waals surface area contributed by atoms with Gasteiger partial charge in [-0.1, -0.05) is 146 Å². The molecule has 42 heavy (non-hydrogen) atoms. The van der Waals surface area contributed by atoms with E-state index in [9.17, 15) is 0 Å². The fourth-order valence-electron chi connectivity index (χ4n) is 6.97. The zero-order valence-electron chi connectivity index (χ0n) is 23.0. The highest BCUT2D eigenvalue weighted by atomic mass is 14.3. The van der Waals surface area contributed by atoms with Gasteiger partial charge in [0.05, 0.1) is 0 Å². The number of hydrogen-bond donors (Lipinski definition) is 0. The van der Waals surface area contributed by atoms with Gasteiger partial charge in [-0.05, 0) is 100 Å². The molecule has 0 aliphatic heterocycles. The lowest BCUT2D eigenvalue weighted by molar-refractivity contribution is 1.61. The van der Waals surface area contributed by atoms with Crippen molar-refractivity contribution < 1.29 is 0 Å². The molecule has 0 N–H and O–H groups in total. The highest BCUT2D eigenvalue weighted by molar-refractivity contribution is 6.20. The molecular weight excluding hydrogens is 504 g/mol. The Hall–Kier alpha value is -5.46. The van der Waals surface area contributed by atoms with Crippen molar-refractivity contribution in [2.45, 2.75) is 0 Å². The van der Waals surface area contributed by atoms with Crippen LogP contribution < -0.4 is 0 Å². The summed E-state index contributed by atoms with van der Waals surface area (Å²) in [6, 6.07) is 58.0. The van der Waals surface area contributed by atoms with Gasteiger partial charge in [0.2, 0.25) is 0 Å². The zero-order chi connectivity index (χ0) is 27.6. The average molecular weight is 531 g/mol. The van der Waals surface area contributed by atoms with Crippen LogP contribution in [0.5, 0.6) is 0 Å². The van der Waals surface area contributed by atoms with Crippen molar-refractivity contribution in [3.8, 4) is 55.6 Å². The molecule has 0 radical (unpaired) electrons. The lowest BCUT2D eigenvalue weighted by Gasteiger charge is -2.13. The van der Waals surface area contributed by atoms with Crippen LogP contribution in [0.2, 0.25) is 0 Å². The topological polar surface area (TPSA) is 0 Å². The second kappa shape index (κ2) is 9.03. The first-order valence-electron chi connectivity index (χ1n) is 14.6. The highest BCUT2D eigenvalue weighted by Gasteiger charge is 2.22. The maximum absolute atomic E-state index is 2.33. The summed E-state index contributed by atoms with van der Waals surface area (Å²) in [4.78, 5) is 0. The van der Waals surface area contributed by atoms with E-state index in [1.54, 1.807) is 0 Å². The standard InChI is InChI=1S/C42H26/c1-2-8-30-25-31(20-19-27(30)7-1)28-15-17-29(18-16-28)32-21-22-34-33(26-32)9-5-12-35(34)38-23-24-41-37-11-4-3-10-36(37)39-13-6-14-40(38)42(39)41/h1-26H. The molecule has 0 amide bonds. The third-order valence-corrected chi connectivity index (χ3v) is 9.02. The predicted molar refractivity (Wildman–Crippen MR) is 180 cm³/mol. The van der Waals surface area contributed by atoms with Gasteiger partial charge >= 0.3 is 0 Å². The molecule has 0 unspecified atom stereocenters. The predicted octanol–water partition coefficient (Wildman–Crippen LogP) is 11.8. The van der Waals surface area contributed by atoms with Crippen LogP contribution in [0.1, 0.15) is 0 Å². The maximum Gasteiger partial charge on any atom is -0.00201 e. The number of fused-ring (bicyclic) bond motifs is 5. The molecule has 0 fully saturated rings. The Balaban J connectivity index is 1.11. The molecule has 0 bridgehead atoms. The SMILES string of the molecule is c1ccc2c(c1)-c1cccc3c(-c4cccc5cc(-c6ccc(-c7ccc8ccccc8c7)cc6)ccc45)ccc-2c13. The molecule has 0 heteroatoms. The molecule has 0 aromatic heterocycles. The first-order valence-corrected chi connectivity index (χ1v) is 14.6. The van der Waals surface area contributed by atoms with Crippen LogP contribution in [0.3, 0.4) is 0 Å². The van der Waals surface area contributed by atoms with Gasteiger partial charge < -0.3 is 0 Å². The quantitative estimate of drug-likeness (QED) is 0.213. The lowest BCUT2D eigenvalue weighted by atomic mass is 9.90. The van der Waals surface area contributed by atoms with Crippen molar-refractivity contribution in [2.75, 3.05) is 0 Å². The first kappa shape index (κ1) is 23.3. The second-order valence-corrected chi connectivity index (χ2v) is 11.3. The van der Waals surface area contributed by atoms with Crippen molar-refractivity contribution >= 4 is 32.3 Å². The van der Waals surface area contributed by atoms with E-state index in [1.165, 1.54) is 88.0 Å². The van der Waals surface area contributed by atoms with E-state index < -0.39 is 0 Å². The Morgan fingerprint density at radius 2 is 0.738 bits per heavy atom. The van der Waals surface area contributed by atoms with Gasteiger partial charge in [0, 0.05) is 0 Å². The molecule has 0 saturated carbocycles. The third kappa shape index (κ3) is 3.49. The average Bonchev–Trinajstić information content (AvgIpc) is 3.39. The largest absolute Gasteiger partial charge is 0.0616 e. The molecule has 1 aliphatic carbocycles. The Bertz CT molecular complexity index is 2310. The van der Waals surface area contributed by atoms with E-state index in [2.05, 4.69) is 158 Å². The van der Waals surface area contributed by atoms with Crippen LogP contribution in [-0.4, -0.2) is 0 Å². The molecule has 0 saturated heterocycles. The summed E-state index contributed by atoms with van der Waals surface area (Å²) in [7, 11) is 0. The van der Waals surface area contributed by atoms with Crippen LogP contribution in [0.4, 0.5) is 0 Å².